The average molecular weight is 386 g/mol. The highest BCUT2D eigenvalue weighted by Crippen LogP contribution is 2.42. The van der Waals surface area contributed by atoms with Gasteiger partial charge in [-0.1, -0.05) is 34.8 Å². The van der Waals surface area contributed by atoms with Crippen LogP contribution in [0.15, 0.2) is 9.79 Å². The van der Waals surface area contributed by atoms with Crippen LogP contribution < -0.4 is 0 Å². The molecule has 3 N–H and O–H groups in total. The van der Waals surface area contributed by atoms with E-state index in [0.717, 1.165) is 0 Å². The molecule has 0 fully saturated rings. The lowest BCUT2D eigenvalue weighted by Crippen LogP contribution is -2.16. The van der Waals surface area contributed by atoms with Crippen LogP contribution in [0.2, 0.25) is 15.1 Å². The van der Waals surface area contributed by atoms with Gasteiger partial charge in [-0.2, -0.15) is 16.8 Å². The number of carboxylic acid groups (broad SMARTS) is 1. The van der Waals surface area contributed by atoms with Crippen molar-refractivity contribution in [3.05, 3.63) is 20.6 Å². The Kier molecular flexibility index (Phi) is 4.62. The van der Waals surface area contributed by atoms with Gasteiger partial charge >= 0.3 is 5.97 Å². The highest BCUT2D eigenvalue weighted by Gasteiger charge is 2.37. The summed E-state index contributed by atoms with van der Waals surface area (Å²) in [7, 11) is -10.7. The molecule has 0 atom stereocenters. The first-order valence-corrected chi connectivity index (χ1v) is 8.20. The summed E-state index contributed by atoms with van der Waals surface area (Å²) in [5, 5.41) is 6.11. The third-order valence-corrected chi connectivity index (χ3v) is 5.38. The molecule has 0 radical (unpaired) electrons. The topological polar surface area (TPSA) is 146 Å². The minimum absolute atomic E-state index is 0.814. The van der Waals surface area contributed by atoms with E-state index in [-0.39, 0.29) is 0 Å². The summed E-state index contributed by atoms with van der Waals surface area (Å²) in [6.45, 7) is 0. The van der Waals surface area contributed by atoms with Crippen molar-refractivity contribution in [2.24, 2.45) is 0 Å². The second-order valence-electron chi connectivity index (χ2n) is 3.23. The number of halogens is 3. The fraction of sp³-hybridized carbons (Fsp3) is 0. The van der Waals surface area contributed by atoms with Crippen molar-refractivity contribution < 1.29 is 35.8 Å². The number of carbonyl (C=O) groups is 1. The molecule has 1 rings (SSSR count). The van der Waals surface area contributed by atoms with Crippen LogP contribution in [0.5, 0.6) is 0 Å². The summed E-state index contributed by atoms with van der Waals surface area (Å²) < 4.78 is 62.6. The first kappa shape index (κ1) is 17.4. The largest absolute Gasteiger partial charge is 0.478 e. The molecule has 0 spiro atoms. The van der Waals surface area contributed by atoms with Crippen molar-refractivity contribution in [1.29, 1.82) is 0 Å². The lowest BCUT2D eigenvalue weighted by molar-refractivity contribution is 0.0692. The first-order chi connectivity index (χ1) is 8.80. The van der Waals surface area contributed by atoms with Gasteiger partial charge in [0.1, 0.15) is 15.4 Å². The highest BCUT2D eigenvalue weighted by atomic mass is 35.5. The summed E-state index contributed by atoms with van der Waals surface area (Å²) in [6.07, 6.45) is 0. The zero-order chi connectivity index (χ0) is 16.0. The molecular weight excluding hydrogens is 383 g/mol. The van der Waals surface area contributed by atoms with Crippen molar-refractivity contribution in [1.82, 2.24) is 0 Å². The first-order valence-electron chi connectivity index (χ1n) is 4.18. The van der Waals surface area contributed by atoms with Crippen LogP contribution in [-0.2, 0) is 20.2 Å². The summed E-state index contributed by atoms with van der Waals surface area (Å²) in [4.78, 5) is 7.74. The number of hydrogen-bond donors (Lipinski definition) is 3. The zero-order valence-corrected chi connectivity index (χ0v) is 12.7. The standard InChI is InChI=1S/C7H3Cl3O8S2/c8-2-1(7(11)12)5(19(13,14)15)6(20(16,17)18)4(10)3(2)9/h(H,11,12)(H,13,14,15)(H,16,17,18). The van der Waals surface area contributed by atoms with Crippen molar-refractivity contribution >= 4 is 61.0 Å². The molecule has 1 aromatic carbocycles. The molecule has 0 aliphatic carbocycles. The number of hydrogen-bond acceptors (Lipinski definition) is 5. The monoisotopic (exact) mass is 384 g/mol. The van der Waals surface area contributed by atoms with E-state index in [4.69, 9.17) is 49.0 Å². The molecule has 8 nitrogen and oxygen atoms in total. The van der Waals surface area contributed by atoms with E-state index in [1.165, 1.54) is 0 Å². The number of rotatable bonds is 3. The summed E-state index contributed by atoms with van der Waals surface area (Å²) >= 11 is 16.4. The maximum atomic E-state index is 11.2. The molecule has 0 aliphatic rings. The van der Waals surface area contributed by atoms with Gasteiger partial charge < -0.3 is 5.11 Å². The molecular formula is C7H3Cl3O8S2. The van der Waals surface area contributed by atoms with E-state index in [1.54, 1.807) is 0 Å². The van der Waals surface area contributed by atoms with Crippen molar-refractivity contribution in [3.63, 3.8) is 0 Å². The molecule has 1 aromatic rings. The summed E-state index contributed by atoms with van der Waals surface area (Å²) in [6, 6.07) is 0. The van der Waals surface area contributed by atoms with Crippen LogP contribution in [-0.4, -0.2) is 37.0 Å². The molecule has 0 bridgehead atoms. The van der Waals surface area contributed by atoms with E-state index in [0.29, 0.717) is 0 Å². The van der Waals surface area contributed by atoms with Gasteiger partial charge in [0.2, 0.25) is 0 Å². The Balaban J connectivity index is 4.31. The molecule has 13 heteroatoms. The molecule has 0 saturated heterocycles. The highest BCUT2D eigenvalue weighted by molar-refractivity contribution is 7.89. The quantitative estimate of drug-likeness (QED) is 0.527. The van der Waals surface area contributed by atoms with Gasteiger partial charge in [-0.25, -0.2) is 4.79 Å². The molecule has 0 aromatic heterocycles. The Labute approximate surface area is 127 Å². The Morgan fingerprint density at radius 1 is 0.800 bits per heavy atom. The fourth-order valence-corrected chi connectivity index (χ4v) is 4.52. The number of aromatic carboxylic acids is 1. The minimum atomic E-state index is -5.40. The minimum Gasteiger partial charge on any atom is -0.478 e. The van der Waals surface area contributed by atoms with Crippen LogP contribution in [0, 0.1) is 0 Å². The molecule has 0 saturated carbocycles. The zero-order valence-electron chi connectivity index (χ0n) is 8.83. The third kappa shape index (κ3) is 3.01. The van der Waals surface area contributed by atoms with Gasteiger partial charge in [0.25, 0.3) is 20.2 Å². The Hall–Kier alpha value is -0.620. The lowest BCUT2D eigenvalue weighted by atomic mass is 10.2. The van der Waals surface area contributed by atoms with Crippen LogP contribution in [0.1, 0.15) is 10.4 Å². The van der Waals surface area contributed by atoms with Gasteiger partial charge in [-0.05, 0) is 0 Å². The fourth-order valence-electron chi connectivity index (χ4n) is 1.29. The van der Waals surface area contributed by atoms with Gasteiger partial charge in [0, 0.05) is 0 Å². The molecule has 20 heavy (non-hydrogen) atoms. The van der Waals surface area contributed by atoms with Gasteiger partial charge in [0.15, 0.2) is 0 Å². The van der Waals surface area contributed by atoms with Crippen LogP contribution in [0.4, 0.5) is 0 Å². The molecule has 0 amide bonds. The smallest absolute Gasteiger partial charge is 0.338 e. The SMILES string of the molecule is O=C(O)c1c(Cl)c(Cl)c(Cl)c(S(=O)(=O)O)c1S(=O)(=O)O. The Morgan fingerprint density at radius 3 is 1.50 bits per heavy atom. The molecule has 0 unspecified atom stereocenters. The molecule has 0 heterocycles. The average Bonchev–Trinajstić information content (AvgIpc) is 2.21. The number of benzene rings is 1. The van der Waals surface area contributed by atoms with Crippen molar-refractivity contribution in [2.45, 2.75) is 9.79 Å². The summed E-state index contributed by atoms with van der Waals surface area (Å²) in [5.74, 6) is -2.01. The summed E-state index contributed by atoms with van der Waals surface area (Å²) in [5.41, 5.74) is -1.34. The van der Waals surface area contributed by atoms with E-state index in [2.05, 4.69) is 0 Å². The van der Waals surface area contributed by atoms with E-state index in [1.807, 2.05) is 0 Å². The maximum absolute atomic E-state index is 11.2. The van der Waals surface area contributed by atoms with Crippen LogP contribution in [0.25, 0.3) is 0 Å². The number of carboxylic acids is 1. The predicted molar refractivity (Wildman–Crippen MR) is 68.1 cm³/mol. The second-order valence-corrected chi connectivity index (χ2v) is 7.08. The van der Waals surface area contributed by atoms with E-state index >= 15 is 0 Å². The molecule has 112 valence electrons. The van der Waals surface area contributed by atoms with Gasteiger partial charge in [0.05, 0.1) is 15.1 Å². The second kappa shape index (κ2) is 5.30. The Bertz CT molecular complexity index is 811. The third-order valence-electron chi connectivity index (χ3n) is 1.97. The van der Waals surface area contributed by atoms with Crippen molar-refractivity contribution in [3.8, 4) is 0 Å². The van der Waals surface area contributed by atoms with E-state index < -0.39 is 56.6 Å². The normalized spacial score (nSPS) is 12.4. The molecule has 0 aliphatic heterocycles. The van der Waals surface area contributed by atoms with E-state index in [9.17, 15) is 21.6 Å². The van der Waals surface area contributed by atoms with Crippen LogP contribution >= 0.6 is 34.8 Å². The maximum Gasteiger partial charge on any atom is 0.338 e. The predicted octanol–water partition coefficient (Wildman–Crippen LogP) is 1.84. The Morgan fingerprint density at radius 2 is 1.20 bits per heavy atom. The van der Waals surface area contributed by atoms with Gasteiger partial charge in [-0.15, -0.1) is 0 Å². The van der Waals surface area contributed by atoms with Gasteiger partial charge in [-0.3, -0.25) is 9.11 Å². The van der Waals surface area contributed by atoms with Crippen LogP contribution in [0.3, 0.4) is 0 Å². The lowest BCUT2D eigenvalue weighted by Gasteiger charge is -2.13. The van der Waals surface area contributed by atoms with Crippen molar-refractivity contribution in [2.75, 3.05) is 0 Å².